The van der Waals surface area contributed by atoms with Crippen LogP contribution >= 0.6 is 0 Å². The molecule has 1 aromatic carbocycles. The van der Waals surface area contributed by atoms with Gasteiger partial charge in [0, 0.05) is 5.56 Å². The first-order valence-electron chi connectivity index (χ1n) is 4.04. The minimum atomic E-state index is -0.352. The molecule has 0 saturated heterocycles. The van der Waals surface area contributed by atoms with Gasteiger partial charge in [-0.15, -0.1) is 0 Å². The molecule has 0 atom stereocenters. The van der Waals surface area contributed by atoms with E-state index >= 15 is 0 Å². The minimum absolute atomic E-state index is 0.352. The maximum absolute atomic E-state index is 10.8. The van der Waals surface area contributed by atoms with Crippen molar-refractivity contribution < 1.29 is 4.79 Å². The van der Waals surface area contributed by atoms with E-state index in [0.717, 1.165) is 12.0 Å². The Bertz CT molecular complexity index is 305. The summed E-state index contributed by atoms with van der Waals surface area (Å²) in [5, 5.41) is 0. The highest BCUT2D eigenvalue weighted by molar-refractivity contribution is 6.62. The molecule has 1 rings (SSSR count). The second-order valence-electron chi connectivity index (χ2n) is 2.87. The summed E-state index contributed by atoms with van der Waals surface area (Å²) >= 11 is 0. The quantitative estimate of drug-likeness (QED) is 0.600. The topological polar surface area (TPSA) is 17.1 Å². The van der Waals surface area contributed by atoms with Gasteiger partial charge in [-0.2, -0.15) is 0 Å². The van der Waals surface area contributed by atoms with Crippen LogP contribution in [0.2, 0.25) is 0 Å². The van der Waals surface area contributed by atoms with Crippen molar-refractivity contribution in [1.82, 2.24) is 0 Å². The summed E-state index contributed by atoms with van der Waals surface area (Å²) in [6.07, 6.45) is 0.986. The zero-order chi connectivity index (χ0) is 9.14. The molecule has 0 aliphatic carbocycles. The third-order valence-corrected chi connectivity index (χ3v) is 1.96. The number of carbonyl (C=O) groups excluding carboxylic acids is 1. The van der Waals surface area contributed by atoms with Crippen molar-refractivity contribution in [3.63, 3.8) is 0 Å². The zero-order valence-corrected chi connectivity index (χ0v) is 7.42. The van der Waals surface area contributed by atoms with Crippen LogP contribution in [0, 0.1) is 6.92 Å². The molecule has 0 bridgehead atoms. The van der Waals surface area contributed by atoms with E-state index in [4.69, 9.17) is 7.85 Å². The van der Waals surface area contributed by atoms with Crippen molar-refractivity contribution in [2.45, 2.75) is 20.3 Å². The first kappa shape index (κ1) is 9.05. The second-order valence-corrected chi connectivity index (χ2v) is 2.87. The van der Waals surface area contributed by atoms with Crippen LogP contribution in [-0.2, 0) is 6.42 Å². The summed E-state index contributed by atoms with van der Waals surface area (Å²) in [6, 6.07) is 5.73. The lowest BCUT2D eigenvalue weighted by Gasteiger charge is -2.03. The molecule has 0 amide bonds. The number of benzene rings is 1. The van der Waals surface area contributed by atoms with Crippen molar-refractivity contribution in [2.24, 2.45) is 0 Å². The minimum Gasteiger partial charge on any atom is -0.307 e. The van der Waals surface area contributed by atoms with Gasteiger partial charge in [-0.05, 0) is 24.5 Å². The maximum Gasteiger partial charge on any atom is 0.175 e. The van der Waals surface area contributed by atoms with Crippen LogP contribution < -0.4 is 0 Å². The fraction of sp³-hybridized carbons (Fsp3) is 0.300. The summed E-state index contributed by atoms with van der Waals surface area (Å²) in [6.45, 7) is 3.98. The molecule has 0 spiro atoms. The van der Waals surface area contributed by atoms with E-state index < -0.39 is 0 Å². The molecule has 2 radical (unpaired) electrons. The van der Waals surface area contributed by atoms with Gasteiger partial charge in [-0.3, -0.25) is 0 Å². The molecule has 0 heterocycles. The first-order valence-corrected chi connectivity index (χ1v) is 4.04. The van der Waals surface area contributed by atoms with Crippen LogP contribution in [0.5, 0.6) is 0 Å². The number of hydrogen-bond acceptors (Lipinski definition) is 1. The van der Waals surface area contributed by atoms with Crippen LogP contribution in [-0.4, -0.2) is 13.5 Å². The molecule has 0 saturated carbocycles. The Hall–Kier alpha value is -1.05. The zero-order valence-electron chi connectivity index (χ0n) is 7.42. The molecule has 0 unspecified atom stereocenters. The Morgan fingerprint density at radius 1 is 1.50 bits per heavy atom. The number of aryl methyl sites for hydroxylation is 2. The fourth-order valence-electron chi connectivity index (χ4n) is 1.22. The molecule has 1 nitrogen and oxygen atoms in total. The van der Waals surface area contributed by atoms with E-state index in [9.17, 15) is 4.79 Å². The second kappa shape index (κ2) is 3.57. The lowest BCUT2D eigenvalue weighted by Crippen LogP contribution is -2.00. The maximum atomic E-state index is 10.8. The van der Waals surface area contributed by atoms with Crippen LogP contribution in [0.4, 0.5) is 0 Å². The van der Waals surface area contributed by atoms with Gasteiger partial charge in [-0.25, -0.2) is 0 Å². The normalized spacial score (nSPS) is 9.83. The molecular weight excluding hydrogens is 147 g/mol. The monoisotopic (exact) mass is 158 g/mol. The van der Waals surface area contributed by atoms with Crippen LogP contribution in [0.3, 0.4) is 0 Å². The summed E-state index contributed by atoms with van der Waals surface area (Å²) in [5.41, 5.74) is 2.46. The smallest absolute Gasteiger partial charge is 0.175 e. The van der Waals surface area contributed by atoms with Gasteiger partial charge in [0.25, 0.3) is 0 Å². The fourth-order valence-corrected chi connectivity index (χ4v) is 1.22. The highest BCUT2D eigenvalue weighted by atomic mass is 16.1. The molecule has 1 aromatic rings. The third-order valence-electron chi connectivity index (χ3n) is 1.96. The van der Waals surface area contributed by atoms with Gasteiger partial charge in [0.15, 0.2) is 7.85 Å². The molecule has 0 aliphatic heterocycles. The predicted molar refractivity (Wildman–Crippen MR) is 50.6 cm³/mol. The number of rotatable bonds is 2. The lowest BCUT2D eigenvalue weighted by molar-refractivity contribution is 0.108. The van der Waals surface area contributed by atoms with Crippen molar-refractivity contribution in [3.05, 3.63) is 34.9 Å². The Balaban J connectivity index is 3.12. The largest absolute Gasteiger partial charge is 0.307 e. The molecular formula is C10H11BO. The first-order chi connectivity index (χ1) is 5.65. The Morgan fingerprint density at radius 2 is 2.17 bits per heavy atom. The van der Waals surface area contributed by atoms with Crippen molar-refractivity contribution in [2.75, 3.05) is 0 Å². The van der Waals surface area contributed by atoms with E-state index in [1.54, 1.807) is 6.07 Å². The Kier molecular flexibility index (Phi) is 2.69. The molecule has 0 fully saturated rings. The predicted octanol–water partition coefficient (Wildman–Crippen LogP) is 1.87. The highest BCUT2D eigenvalue weighted by Gasteiger charge is 2.02. The molecule has 0 N–H and O–H groups in total. The number of hydrogen-bond donors (Lipinski definition) is 0. The van der Waals surface area contributed by atoms with Gasteiger partial charge >= 0.3 is 0 Å². The SMILES string of the molecule is [B]C(=O)c1ccc(CC)cc1C. The lowest BCUT2D eigenvalue weighted by atomic mass is 9.90. The van der Waals surface area contributed by atoms with Gasteiger partial charge in [0.05, 0.1) is 0 Å². The van der Waals surface area contributed by atoms with E-state index in [1.807, 2.05) is 19.1 Å². The van der Waals surface area contributed by atoms with Crippen LogP contribution in [0.15, 0.2) is 18.2 Å². The van der Waals surface area contributed by atoms with Gasteiger partial charge in [0.2, 0.25) is 0 Å². The molecule has 60 valence electrons. The standard InChI is InChI=1S/C10H11BO/c1-3-8-4-5-9(10(11)12)7(2)6-8/h4-6H,3H2,1-2H3. The van der Waals surface area contributed by atoms with Crippen molar-refractivity contribution in [1.29, 1.82) is 0 Å². The third kappa shape index (κ3) is 1.76. The molecule has 12 heavy (non-hydrogen) atoms. The summed E-state index contributed by atoms with van der Waals surface area (Å²) in [7, 11) is 5.17. The van der Waals surface area contributed by atoms with E-state index in [-0.39, 0.29) is 5.68 Å². The summed E-state index contributed by atoms with van der Waals surface area (Å²) in [4.78, 5) is 10.8. The number of carbonyl (C=O) groups is 1. The van der Waals surface area contributed by atoms with Crippen molar-refractivity contribution in [3.8, 4) is 0 Å². The molecule has 2 heteroatoms. The Morgan fingerprint density at radius 3 is 2.58 bits per heavy atom. The van der Waals surface area contributed by atoms with Crippen molar-refractivity contribution >= 4 is 13.5 Å². The van der Waals surface area contributed by atoms with Crippen LogP contribution in [0.1, 0.15) is 28.4 Å². The van der Waals surface area contributed by atoms with Gasteiger partial charge in [-0.1, -0.05) is 25.1 Å². The van der Waals surface area contributed by atoms with E-state index in [0.29, 0.717) is 5.56 Å². The van der Waals surface area contributed by atoms with E-state index in [1.165, 1.54) is 5.56 Å². The summed E-state index contributed by atoms with van der Waals surface area (Å²) in [5.74, 6) is 0. The average molecular weight is 158 g/mol. The van der Waals surface area contributed by atoms with Gasteiger partial charge < -0.3 is 4.79 Å². The average Bonchev–Trinajstić information content (AvgIpc) is 2.03. The van der Waals surface area contributed by atoms with E-state index in [2.05, 4.69) is 6.92 Å². The summed E-state index contributed by atoms with van der Waals surface area (Å²) < 4.78 is 0. The molecule has 0 aliphatic rings. The molecule has 0 aromatic heterocycles. The van der Waals surface area contributed by atoms with Crippen LogP contribution in [0.25, 0.3) is 0 Å². The van der Waals surface area contributed by atoms with Gasteiger partial charge in [0.1, 0.15) is 5.68 Å². The Labute approximate surface area is 74.2 Å². The highest BCUT2D eigenvalue weighted by Crippen LogP contribution is 2.11.